The summed E-state index contributed by atoms with van der Waals surface area (Å²) < 4.78 is 13.4. The molecule has 0 saturated heterocycles. The Labute approximate surface area is 168 Å². The van der Waals surface area contributed by atoms with Crippen LogP contribution < -0.4 is 11.1 Å². The number of carbonyl (C=O) groups is 1. The van der Waals surface area contributed by atoms with Crippen LogP contribution >= 0.6 is 0 Å². The topological polar surface area (TPSA) is 104 Å². The van der Waals surface area contributed by atoms with E-state index in [-0.39, 0.29) is 19.3 Å². The standard InChI is InChI=1S/C21H21N5O3/c22-19-18-20(24-12-23-19)26(13-25-18)14-29-17(15-7-3-1-4-8-15)11-28-21(27)16-9-5-2-6-10-16/h1-10,12-13,17,19H,11,14,22H2,(H,23,24). The molecule has 2 aromatic carbocycles. The number of imidazole rings is 1. The molecule has 3 N–H and O–H groups in total. The summed E-state index contributed by atoms with van der Waals surface area (Å²) in [4.78, 5) is 20.7. The summed E-state index contributed by atoms with van der Waals surface area (Å²) >= 11 is 0. The number of hydrogen-bond donors (Lipinski definition) is 2. The summed E-state index contributed by atoms with van der Waals surface area (Å²) in [5, 5.41) is 3.04. The normalized spacial score (nSPS) is 16.0. The third-order valence-corrected chi connectivity index (χ3v) is 4.54. The van der Waals surface area contributed by atoms with Crippen molar-refractivity contribution in [2.24, 2.45) is 10.7 Å². The molecule has 0 radical (unpaired) electrons. The Hall–Kier alpha value is -3.49. The predicted molar refractivity (Wildman–Crippen MR) is 108 cm³/mol. The maximum atomic E-state index is 12.3. The number of aromatic nitrogens is 2. The van der Waals surface area contributed by atoms with Crippen molar-refractivity contribution in [2.45, 2.75) is 19.0 Å². The number of esters is 1. The Morgan fingerprint density at radius 1 is 1.14 bits per heavy atom. The number of nitrogens with zero attached hydrogens (tertiary/aromatic N) is 3. The van der Waals surface area contributed by atoms with Crippen LogP contribution in [-0.4, -0.2) is 28.5 Å². The van der Waals surface area contributed by atoms with Crippen molar-refractivity contribution in [1.82, 2.24) is 9.55 Å². The summed E-state index contributed by atoms with van der Waals surface area (Å²) in [6.07, 6.45) is 2.25. The highest BCUT2D eigenvalue weighted by molar-refractivity contribution is 5.89. The highest BCUT2D eigenvalue weighted by Gasteiger charge is 2.21. The Kier molecular flexibility index (Phi) is 5.64. The predicted octanol–water partition coefficient (Wildman–Crippen LogP) is 2.87. The van der Waals surface area contributed by atoms with Gasteiger partial charge in [0.15, 0.2) is 0 Å². The second-order valence-electron chi connectivity index (χ2n) is 6.48. The fourth-order valence-corrected chi connectivity index (χ4v) is 3.01. The minimum Gasteiger partial charge on any atom is -0.459 e. The van der Waals surface area contributed by atoms with Crippen molar-refractivity contribution in [2.75, 3.05) is 11.9 Å². The van der Waals surface area contributed by atoms with Gasteiger partial charge >= 0.3 is 5.97 Å². The highest BCUT2D eigenvalue weighted by atomic mass is 16.6. The fraction of sp³-hybridized carbons (Fsp3) is 0.190. The number of benzene rings is 2. The summed E-state index contributed by atoms with van der Waals surface area (Å²) in [7, 11) is 0. The number of carbonyl (C=O) groups excluding carboxylic acids is 1. The zero-order chi connectivity index (χ0) is 20.1. The first-order valence-electron chi connectivity index (χ1n) is 9.20. The van der Waals surface area contributed by atoms with Gasteiger partial charge in [0.1, 0.15) is 37.1 Å². The fourth-order valence-electron chi connectivity index (χ4n) is 3.01. The Bertz CT molecular complexity index is 988. The molecule has 0 amide bonds. The van der Waals surface area contributed by atoms with Crippen LogP contribution in [0, 0.1) is 0 Å². The van der Waals surface area contributed by atoms with Crippen LogP contribution in [0.2, 0.25) is 0 Å². The molecule has 148 valence electrons. The first-order valence-corrected chi connectivity index (χ1v) is 9.20. The number of fused-ring (bicyclic) bond motifs is 1. The minimum absolute atomic E-state index is 0.0863. The Morgan fingerprint density at radius 3 is 2.62 bits per heavy atom. The van der Waals surface area contributed by atoms with Gasteiger partial charge in [0.2, 0.25) is 0 Å². The molecule has 3 aromatic rings. The van der Waals surface area contributed by atoms with Crippen LogP contribution in [-0.2, 0) is 16.2 Å². The lowest BCUT2D eigenvalue weighted by Crippen LogP contribution is -2.20. The number of anilines is 1. The number of rotatable bonds is 7. The molecule has 1 aliphatic heterocycles. The van der Waals surface area contributed by atoms with Crippen LogP contribution in [0.3, 0.4) is 0 Å². The summed E-state index contributed by atoms with van der Waals surface area (Å²) in [5.74, 6) is 0.347. The molecular formula is C21H21N5O3. The van der Waals surface area contributed by atoms with E-state index in [0.717, 1.165) is 11.4 Å². The van der Waals surface area contributed by atoms with E-state index < -0.39 is 12.3 Å². The van der Waals surface area contributed by atoms with Crippen LogP contribution in [0.15, 0.2) is 72.0 Å². The molecule has 0 fully saturated rings. The van der Waals surface area contributed by atoms with E-state index in [9.17, 15) is 4.79 Å². The van der Waals surface area contributed by atoms with Gasteiger partial charge in [-0.05, 0) is 17.7 Å². The lowest BCUT2D eigenvalue weighted by molar-refractivity contribution is -0.0357. The lowest BCUT2D eigenvalue weighted by Gasteiger charge is -2.20. The van der Waals surface area contributed by atoms with Gasteiger partial charge in [0.05, 0.1) is 18.2 Å². The van der Waals surface area contributed by atoms with E-state index >= 15 is 0 Å². The van der Waals surface area contributed by atoms with Crippen molar-refractivity contribution in [1.29, 1.82) is 0 Å². The molecule has 0 saturated carbocycles. The molecule has 1 aliphatic rings. The molecule has 4 rings (SSSR count). The van der Waals surface area contributed by atoms with Gasteiger partial charge in [-0.2, -0.15) is 0 Å². The third kappa shape index (κ3) is 4.34. The van der Waals surface area contributed by atoms with Crippen LogP contribution in [0.25, 0.3) is 0 Å². The first-order chi connectivity index (χ1) is 14.2. The molecule has 0 aliphatic carbocycles. The Morgan fingerprint density at radius 2 is 1.86 bits per heavy atom. The minimum atomic E-state index is -0.496. The van der Waals surface area contributed by atoms with E-state index in [0.29, 0.717) is 11.3 Å². The smallest absolute Gasteiger partial charge is 0.338 e. The van der Waals surface area contributed by atoms with E-state index in [1.165, 1.54) is 0 Å². The number of nitrogens with one attached hydrogen (secondary N) is 1. The van der Waals surface area contributed by atoms with Crippen LogP contribution in [0.5, 0.6) is 0 Å². The van der Waals surface area contributed by atoms with Crippen LogP contribution in [0.1, 0.15) is 33.9 Å². The average molecular weight is 391 g/mol. The molecule has 8 heteroatoms. The van der Waals surface area contributed by atoms with Gasteiger partial charge in [-0.25, -0.2) is 9.78 Å². The quantitative estimate of drug-likeness (QED) is 0.600. The first kappa shape index (κ1) is 18.9. The number of hydrogen-bond acceptors (Lipinski definition) is 7. The zero-order valence-corrected chi connectivity index (χ0v) is 15.6. The van der Waals surface area contributed by atoms with E-state index in [4.69, 9.17) is 15.2 Å². The van der Waals surface area contributed by atoms with Crippen molar-refractivity contribution in [3.05, 3.63) is 83.8 Å². The highest BCUT2D eigenvalue weighted by Crippen LogP contribution is 2.25. The van der Waals surface area contributed by atoms with Crippen molar-refractivity contribution in [3.8, 4) is 0 Å². The largest absolute Gasteiger partial charge is 0.459 e. The second kappa shape index (κ2) is 8.68. The average Bonchev–Trinajstić information content (AvgIpc) is 3.19. The summed E-state index contributed by atoms with van der Waals surface area (Å²) in [5.41, 5.74) is 8.00. The molecule has 2 atom stereocenters. The second-order valence-corrected chi connectivity index (χ2v) is 6.48. The van der Waals surface area contributed by atoms with Gasteiger partial charge in [0.25, 0.3) is 0 Å². The van der Waals surface area contributed by atoms with Gasteiger partial charge in [0, 0.05) is 0 Å². The molecule has 0 spiro atoms. The lowest BCUT2D eigenvalue weighted by atomic mass is 10.1. The molecular weight excluding hydrogens is 370 g/mol. The van der Waals surface area contributed by atoms with Gasteiger partial charge < -0.3 is 20.5 Å². The maximum Gasteiger partial charge on any atom is 0.338 e. The van der Waals surface area contributed by atoms with Gasteiger partial charge in [-0.1, -0.05) is 48.5 Å². The SMILES string of the molecule is NC1N=CNc2c1ncn2COC(COC(=O)c1ccccc1)c1ccccc1. The van der Waals surface area contributed by atoms with E-state index in [1.807, 2.05) is 36.4 Å². The maximum absolute atomic E-state index is 12.3. The third-order valence-electron chi connectivity index (χ3n) is 4.54. The molecule has 29 heavy (non-hydrogen) atoms. The zero-order valence-electron chi connectivity index (χ0n) is 15.6. The van der Waals surface area contributed by atoms with E-state index in [1.54, 1.807) is 41.5 Å². The van der Waals surface area contributed by atoms with Crippen molar-refractivity contribution >= 4 is 18.1 Å². The van der Waals surface area contributed by atoms with Crippen molar-refractivity contribution < 1.29 is 14.3 Å². The summed E-state index contributed by atoms with van der Waals surface area (Å²) in [6.45, 7) is 0.293. The molecule has 0 bridgehead atoms. The Balaban J connectivity index is 1.45. The number of nitrogens with two attached hydrogens (primary N) is 1. The number of aliphatic imine (C=N–C) groups is 1. The monoisotopic (exact) mass is 391 g/mol. The molecule has 1 aromatic heterocycles. The summed E-state index contributed by atoms with van der Waals surface area (Å²) in [6, 6.07) is 18.5. The van der Waals surface area contributed by atoms with Crippen molar-refractivity contribution in [3.63, 3.8) is 0 Å². The molecule has 2 heterocycles. The van der Waals surface area contributed by atoms with E-state index in [2.05, 4.69) is 15.3 Å². The molecule has 2 unspecified atom stereocenters. The van der Waals surface area contributed by atoms with Gasteiger partial charge in [-0.15, -0.1) is 0 Å². The van der Waals surface area contributed by atoms with Crippen LogP contribution in [0.4, 0.5) is 5.82 Å². The van der Waals surface area contributed by atoms with Gasteiger partial charge in [-0.3, -0.25) is 9.56 Å². The molecule has 8 nitrogen and oxygen atoms in total. The number of ether oxygens (including phenoxy) is 2.